The third-order valence-corrected chi connectivity index (χ3v) is 7.16. The van der Waals surface area contributed by atoms with Crippen LogP contribution in [0.5, 0.6) is 0 Å². The van der Waals surface area contributed by atoms with E-state index < -0.39 is 11.6 Å². The van der Waals surface area contributed by atoms with Gasteiger partial charge in [0.25, 0.3) is 5.91 Å². The zero-order valence-electron chi connectivity index (χ0n) is 20.6. The van der Waals surface area contributed by atoms with Gasteiger partial charge in [0.2, 0.25) is 0 Å². The summed E-state index contributed by atoms with van der Waals surface area (Å²) >= 11 is 0. The van der Waals surface area contributed by atoms with Gasteiger partial charge in [-0.05, 0) is 73.4 Å². The highest BCUT2D eigenvalue weighted by Gasteiger charge is 2.52. The van der Waals surface area contributed by atoms with Crippen LogP contribution in [0.2, 0.25) is 0 Å². The Morgan fingerprint density at radius 2 is 1.77 bits per heavy atom. The lowest BCUT2D eigenvalue weighted by Crippen LogP contribution is -2.51. The quantitative estimate of drug-likeness (QED) is 0.526. The molecule has 2 N–H and O–H groups in total. The lowest BCUT2D eigenvalue weighted by molar-refractivity contribution is -0.137. The number of carboxylic acid groups (broad SMARTS) is 1. The van der Waals surface area contributed by atoms with Crippen LogP contribution in [-0.4, -0.2) is 39.8 Å². The Bertz CT molecular complexity index is 1090. The third-order valence-electron chi connectivity index (χ3n) is 7.16. The number of amides is 1. The van der Waals surface area contributed by atoms with Crippen LogP contribution in [0.4, 0.5) is 4.39 Å². The first kappa shape index (κ1) is 25.0. The molecule has 186 valence electrons. The summed E-state index contributed by atoms with van der Waals surface area (Å²) in [6.07, 6.45) is 2.82. The average Bonchev–Trinajstić information content (AvgIpc) is 3.07. The molecule has 2 unspecified atom stereocenters. The molecule has 2 aromatic rings. The molecule has 0 saturated heterocycles. The second-order valence-electron chi connectivity index (χ2n) is 10.2. The fourth-order valence-electron chi connectivity index (χ4n) is 5.78. The van der Waals surface area contributed by atoms with Crippen molar-refractivity contribution in [3.63, 3.8) is 0 Å². The van der Waals surface area contributed by atoms with E-state index in [-0.39, 0.29) is 24.2 Å². The summed E-state index contributed by atoms with van der Waals surface area (Å²) in [4.78, 5) is 31.6. The van der Waals surface area contributed by atoms with Crippen LogP contribution in [0.25, 0.3) is 0 Å². The molecule has 2 aromatic carbocycles. The minimum absolute atomic E-state index is 0.0848. The summed E-state index contributed by atoms with van der Waals surface area (Å²) in [5, 5.41) is 11.9. The number of nitrogens with zero attached hydrogens (tertiary/aromatic N) is 2. The van der Waals surface area contributed by atoms with Crippen molar-refractivity contribution in [2.75, 3.05) is 6.54 Å². The summed E-state index contributed by atoms with van der Waals surface area (Å²) in [5.41, 5.74) is 2.54. The molecule has 6 nitrogen and oxygen atoms in total. The van der Waals surface area contributed by atoms with Gasteiger partial charge < -0.3 is 15.3 Å². The maximum atomic E-state index is 13.8. The monoisotopic (exact) mass is 479 g/mol. The topological polar surface area (TPSA) is 82.0 Å². The maximum absolute atomic E-state index is 13.8. The molecule has 1 spiro atoms. The number of aliphatic carboxylic acids is 1. The fourth-order valence-corrected chi connectivity index (χ4v) is 5.78. The van der Waals surface area contributed by atoms with Gasteiger partial charge in [0.15, 0.2) is 0 Å². The average molecular weight is 480 g/mol. The second kappa shape index (κ2) is 10.3. The molecule has 1 fully saturated rings. The van der Waals surface area contributed by atoms with Crippen LogP contribution in [0, 0.1) is 17.7 Å². The number of hydrogen-bond acceptors (Lipinski definition) is 4. The van der Waals surface area contributed by atoms with E-state index >= 15 is 0 Å². The van der Waals surface area contributed by atoms with Crippen molar-refractivity contribution in [3.05, 3.63) is 71.0 Å². The van der Waals surface area contributed by atoms with Crippen molar-refractivity contribution in [1.82, 2.24) is 10.2 Å². The zero-order chi connectivity index (χ0) is 25.2. The molecule has 1 amide bonds. The Hall–Kier alpha value is -3.06. The largest absolute Gasteiger partial charge is 0.481 e. The van der Waals surface area contributed by atoms with Crippen molar-refractivity contribution in [2.24, 2.45) is 16.8 Å². The number of hydrogen-bond donors (Lipinski definition) is 2. The van der Waals surface area contributed by atoms with Crippen LogP contribution in [0.3, 0.4) is 0 Å². The van der Waals surface area contributed by atoms with E-state index in [1.807, 2.05) is 36.1 Å². The Kier molecular flexibility index (Phi) is 7.36. The van der Waals surface area contributed by atoms with Crippen molar-refractivity contribution < 1.29 is 19.1 Å². The molecule has 1 heterocycles. The molecule has 0 bridgehead atoms. The fraction of sp³-hybridized carbons (Fsp3) is 0.464. The van der Waals surface area contributed by atoms with Gasteiger partial charge in [-0.2, -0.15) is 0 Å². The van der Waals surface area contributed by atoms with Gasteiger partial charge in [0.1, 0.15) is 17.2 Å². The highest BCUT2D eigenvalue weighted by atomic mass is 19.1. The number of halogens is 1. The lowest BCUT2D eigenvalue weighted by Gasteiger charge is -2.46. The van der Waals surface area contributed by atoms with E-state index in [0.717, 1.165) is 30.4 Å². The van der Waals surface area contributed by atoms with E-state index in [0.29, 0.717) is 36.2 Å². The summed E-state index contributed by atoms with van der Waals surface area (Å²) < 4.78 is 13.5. The second-order valence-corrected chi connectivity index (χ2v) is 10.2. The molecule has 1 aliphatic heterocycles. The smallest absolute Gasteiger partial charge is 0.304 e. The summed E-state index contributed by atoms with van der Waals surface area (Å²) in [7, 11) is 0. The van der Waals surface area contributed by atoms with Crippen LogP contribution in [0.15, 0.2) is 53.5 Å². The van der Waals surface area contributed by atoms with Gasteiger partial charge in [-0.15, -0.1) is 0 Å². The minimum atomic E-state index is -0.820. The molecule has 1 saturated carbocycles. The van der Waals surface area contributed by atoms with Crippen molar-refractivity contribution in [2.45, 2.75) is 64.7 Å². The molecule has 0 radical (unpaired) electrons. The number of carbonyl (C=O) groups excluding carboxylic acids is 1. The Balaban J connectivity index is 1.59. The Labute approximate surface area is 206 Å². The van der Waals surface area contributed by atoms with Gasteiger partial charge in [-0.25, -0.2) is 4.39 Å². The highest BCUT2D eigenvalue weighted by molar-refractivity contribution is 6.46. The molecular formula is C28H34FN3O3. The van der Waals surface area contributed by atoms with Crippen LogP contribution in [-0.2, 0) is 16.1 Å². The number of nitrogens with one attached hydrogen (secondary N) is 1. The first-order valence-electron chi connectivity index (χ1n) is 12.4. The van der Waals surface area contributed by atoms with Crippen molar-refractivity contribution in [3.8, 4) is 0 Å². The van der Waals surface area contributed by atoms with Crippen molar-refractivity contribution in [1.29, 1.82) is 0 Å². The molecule has 4 rings (SSSR count). The number of benzene rings is 2. The molecule has 1 aliphatic carbocycles. The van der Waals surface area contributed by atoms with E-state index in [1.54, 1.807) is 12.1 Å². The molecule has 35 heavy (non-hydrogen) atoms. The zero-order valence-corrected chi connectivity index (χ0v) is 20.6. The highest BCUT2D eigenvalue weighted by Crippen LogP contribution is 2.47. The van der Waals surface area contributed by atoms with E-state index in [2.05, 4.69) is 19.2 Å². The molecule has 3 atom stereocenters. The number of aliphatic imine (C=N–C) groups is 1. The minimum Gasteiger partial charge on any atom is -0.481 e. The van der Waals surface area contributed by atoms with E-state index in [4.69, 9.17) is 10.1 Å². The van der Waals surface area contributed by atoms with Crippen molar-refractivity contribution >= 4 is 17.6 Å². The SMILES string of the molecule is CC1CC(C)CC2(C1)N=C(c1ccc(F)cc1)C(=O)N2[C@H](C)c1ccc(CNCCC(=O)O)cc1. The Morgan fingerprint density at radius 1 is 1.14 bits per heavy atom. The number of carboxylic acids is 1. The van der Waals surface area contributed by atoms with Gasteiger partial charge in [-0.3, -0.25) is 14.6 Å². The molecule has 0 aromatic heterocycles. The summed E-state index contributed by atoms with van der Waals surface area (Å²) in [6, 6.07) is 13.9. The molecular weight excluding hydrogens is 445 g/mol. The summed E-state index contributed by atoms with van der Waals surface area (Å²) in [5.74, 6) is -0.380. The van der Waals surface area contributed by atoms with Crippen LogP contribution >= 0.6 is 0 Å². The van der Waals surface area contributed by atoms with Gasteiger partial charge in [0.05, 0.1) is 12.5 Å². The van der Waals surface area contributed by atoms with E-state index in [9.17, 15) is 14.0 Å². The normalized spacial score (nSPS) is 25.1. The summed E-state index contributed by atoms with van der Waals surface area (Å²) in [6.45, 7) is 7.50. The first-order chi connectivity index (χ1) is 16.7. The predicted octanol–water partition coefficient (Wildman–Crippen LogP) is 4.93. The number of rotatable bonds is 8. The standard InChI is InChI=1S/C28H34FN3O3/c1-18-14-19(2)16-28(15-18)31-26(23-8-10-24(29)11-9-23)27(35)32(28)20(3)22-6-4-21(5-7-22)17-30-13-12-25(33)34/h4-11,18-20,30H,12-17H2,1-3H3,(H,33,34)/t18?,19?,20-,28?/m1/s1. The van der Waals surface area contributed by atoms with Gasteiger partial charge in [0, 0.05) is 18.7 Å². The first-order valence-corrected chi connectivity index (χ1v) is 12.4. The van der Waals surface area contributed by atoms with Gasteiger partial charge >= 0.3 is 5.97 Å². The molecule has 2 aliphatic rings. The maximum Gasteiger partial charge on any atom is 0.304 e. The number of carbonyl (C=O) groups is 2. The van der Waals surface area contributed by atoms with E-state index in [1.165, 1.54) is 12.1 Å². The molecule has 7 heteroatoms. The predicted molar refractivity (Wildman–Crippen MR) is 134 cm³/mol. The lowest BCUT2D eigenvalue weighted by atomic mass is 9.75. The van der Waals surface area contributed by atoms with Crippen LogP contribution < -0.4 is 5.32 Å². The Morgan fingerprint density at radius 3 is 2.37 bits per heavy atom. The third kappa shape index (κ3) is 5.45. The van der Waals surface area contributed by atoms with Crippen LogP contribution in [0.1, 0.15) is 69.2 Å². The van der Waals surface area contributed by atoms with Gasteiger partial charge in [-0.1, -0.05) is 38.1 Å².